The van der Waals surface area contributed by atoms with Crippen molar-refractivity contribution in [1.29, 1.82) is 0 Å². The van der Waals surface area contributed by atoms with Crippen molar-refractivity contribution in [3.8, 4) is 0 Å². The summed E-state index contributed by atoms with van der Waals surface area (Å²) in [6.45, 7) is 1.98. The number of likely N-dealkylation sites (tertiary alicyclic amines) is 1. The van der Waals surface area contributed by atoms with Gasteiger partial charge in [-0.05, 0) is 18.9 Å². The third kappa shape index (κ3) is 3.75. The van der Waals surface area contributed by atoms with Gasteiger partial charge in [0.15, 0.2) is 0 Å². The molecule has 1 saturated heterocycles. The molecule has 0 saturated carbocycles. The number of carbonyl (C=O) groups is 1. The Morgan fingerprint density at radius 2 is 2.05 bits per heavy atom. The van der Waals surface area contributed by atoms with E-state index >= 15 is 0 Å². The Kier molecular flexibility index (Phi) is 4.87. The molecule has 1 fully saturated rings. The highest BCUT2D eigenvalue weighted by molar-refractivity contribution is 5.78. The molecular formula is C14H19FN2O2. The highest BCUT2D eigenvalue weighted by atomic mass is 19.1. The fourth-order valence-corrected chi connectivity index (χ4v) is 2.25. The predicted octanol–water partition coefficient (Wildman–Crippen LogP) is 1.07. The van der Waals surface area contributed by atoms with Crippen LogP contribution in [-0.2, 0) is 4.79 Å². The summed E-state index contributed by atoms with van der Waals surface area (Å²) in [7, 11) is 0. The molecule has 0 bridgehead atoms. The molecule has 4 nitrogen and oxygen atoms in total. The van der Waals surface area contributed by atoms with Gasteiger partial charge in [0.25, 0.3) is 0 Å². The summed E-state index contributed by atoms with van der Waals surface area (Å²) >= 11 is 0. The molecule has 1 aliphatic heterocycles. The number of nitrogens with zero attached hydrogens (tertiary/aromatic N) is 1. The van der Waals surface area contributed by atoms with Crippen molar-refractivity contribution in [1.82, 2.24) is 10.2 Å². The standard InChI is InChI=1S/C14H19FN2O2/c15-12-6-2-1-5-11(12)13(18)9-16-10-14(19)17-7-3-4-8-17/h1-2,5-6,13,16,18H,3-4,7-10H2. The normalized spacial score (nSPS) is 16.6. The van der Waals surface area contributed by atoms with Crippen molar-refractivity contribution in [3.63, 3.8) is 0 Å². The number of rotatable bonds is 5. The topological polar surface area (TPSA) is 52.6 Å². The van der Waals surface area contributed by atoms with Gasteiger partial charge in [-0.2, -0.15) is 0 Å². The van der Waals surface area contributed by atoms with Crippen LogP contribution in [0.25, 0.3) is 0 Å². The van der Waals surface area contributed by atoms with E-state index < -0.39 is 11.9 Å². The Morgan fingerprint density at radius 1 is 1.37 bits per heavy atom. The molecule has 104 valence electrons. The molecular weight excluding hydrogens is 247 g/mol. The molecule has 1 amide bonds. The lowest BCUT2D eigenvalue weighted by Crippen LogP contribution is -2.37. The van der Waals surface area contributed by atoms with Crippen LogP contribution in [0.1, 0.15) is 24.5 Å². The Hall–Kier alpha value is -1.46. The van der Waals surface area contributed by atoms with E-state index in [0.29, 0.717) is 0 Å². The van der Waals surface area contributed by atoms with E-state index in [9.17, 15) is 14.3 Å². The quantitative estimate of drug-likeness (QED) is 0.838. The molecule has 0 radical (unpaired) electrons. The van der Waals surface area contributed by atoms with E-state index in [-0.39, 0.29) is 24.6 Å². The minimum atomic E-state index is -0.937. The van der Waals surface area contributed by atoms with Gasteiger partial charge in [-0.15, -0.1) is 0 Å². The summed E-state index contributed by atoms with van der Waals surface area (Å²) in [4.78, 5) is 13.5. The summed E-state index contributed by atoms with van der Waals surface area (Å²) in [5.74, 6) is -0.388. The van der Waals surface area contributed by atoms with E-state index in [1.807, 2.05) is 4.90 Å². The van der Waals surface area contributed by atoms with Crippen LogP contribution < -0.4 is 5.32 Å². The summed E-state index contributed by atoms with van der Waals surface area (Å²) in [6, 6.07) is 6.12. The molecule has 2 N–H and O–H groups in total. The van der Waals surface area contributed by atoms with E-state index in [0.717, 1.165) is 25.9 Å². The second kappa shape index (κ2) is 6.63. The maximum Gasteiger partial charge on any atom is 0.236 e. The van der Waals surface area contributed by atoms with Crippen LogP contribution in [0.5, 0.6) is 0 Å². The number of aliphatic hydroxyl groups excluding tert-OH is 1. The van der Waals surface area contributed by atoms with E-state index in [2.05, 4.69) is 5.32 Å². The average Bonchev–Trinajstić information content (AvgIpc) is 2.93. The fraction of sp³-hybridized carbons (Fsp3) is 0.500. The third-order valence-corrected chi connectivity index (χ3v) is 3.34. The molecule has 1 unspecified atom stereocenters. The molecule has 5 heteroatoms. The van der Waals surface area contributed by atoms with Crippen molar-refractivity contribution in [3.05, 3.63) is 35.6 Å². The lowest BCUT2D eigenvalue weighted by atomic mass is 10.1. The summed E-state index contributed by atoms with van der Waals surface area (Å²) < 4.78 is 13.4. The van der Waals surface area contributed by atoms with E-state index in [1.54, 1.807) is 18.2 Å². The van der Waals surface area contributed by atoms with Crippen molar-refractivity contribution in [2.45, 2.75) is 18.9 Å². The maximum absolute atomic E-state index is 13.4. The van der Waals surface area contributed by atoms with E-state index in [4.69, 9.17) is 0 Å². The lowest BCUT2D eigenvalue weighted by molar-refractivity contribution is -0.129. The molecule has 19 heavy (non-hydrogen) atoms. The number of halogens is 1. The van der Waals surface area contributed by atoms with Gasteiger partial charge in [0.05, 0.1) is 12.6 Å². The third-order valence-electron chi connectivity index (χ3n) is 3.34. The van der Waals surface area contributed by atoms with Crippen LogP contribution >= 0.6 is 0 Å². The number of hydrogen-bond donors (Lipinski definition) is 2. The molecule has 2 rings (SSSR count). The van der Waals surface area contributed by atoms with Crippen LogP contribution in [-0.4, -0.2) is 42.1 Å². The van der Waals surface area contributed by atoms with Crippen LogP contribution in [0.15, 0.2) is 24.3 Å². The second-order valence-electron chi connectivity index (χ2n) is 4.76. The zero-order valence-corrected chi connectivity index (χ0v) is 10.8. The zero-order chi connectivity index (χ0) is 13.7. The fourth-order valence-electron chi connectivity index (χ4n) is 2.25. The number of amides is 1. The Balaban J connectivity index is 1.76. The Labute approximate surface area is 112 Å². The minimum Gasteiger partial charge on any atom is -0.387 e. The molecule has 0 aromatic heterocycles. The van der Waals surface area contributed by atoms with Gasteiger partial charge >= 0.3 is 0 Å². The van der Waals surface area contributed by atoms with Crippen LogP contribution in [0, 0.1) is 5.82 Å². The number of carbonyl (C=O) groups excluding carboxylic acids is 1. The van der Waals surface area contributed by atoms with Crippen LogP contribution in [0.4, 0.5) is 4.39 Å². The van der Waals surface area contributed by atoms with Gasteiger partial charge in [0.1, 0.15) is 5.82 Å². The lowest BCUT2D eigenvalue weighted by Gasteiger charge is -2.17. The molecule has 1 heterocycles. The monoisotopic (exact) mass is 266 g/mol. The van der Waals surface area contributed by atoms with E-state index in [1.165, 1.54) is 6.07 Å². The van der Waals surface area contributed by atoms with Gasteiger partial charge in [0.2, 0.25) is 5.91 Å². The SMILES string of the molecule is O=C(CNCC(O)c1ccccc1F)N1CCCC1. The van der Waals surface area contributed by atoms with Gasteiger partial charge in [-0.1, -0.05) is 18.2 Å². The summed E-state index contributed by atoms with van der Waals surface area (Å²) in [6.07, 6.45) is 1.18. The van der Waals surface area contributed by atoms with Crippen molar-refractivity contribution >= 4 is 5.91 Å². The molecule has 1 aromatic carbocycles. The zero-order valence-electron chi connectivity index (χ0n) is 10.8. The number of benzene rings is 1. The first-order valence-electron chi connectivity index (χ1n) is 6.59. The van der Waals surface area contributed by atoms with Crippen LogP contribution in [0.3, 0.4) is 0 Å². The summed E-state index contributed by atoms with van der Waals surface area (Å²) in [5.41, 5.74) is 0.253. The molecule has 1 aromatic rings. The maximum atomic E-state index is 13.4. The van der Waals surface area contributed by atoms with Crippen molar-refractivity contribution in [2.24, 2.45) is 0 Å². The van der Waals surface area contributed by atoms with Gasteiger partial charge in [0, 0.05) is 25.2 Å². The number of nitrogens with one attached hydrogen (secondary N) is 1. The second-order valence-corrected chi connectivity index (χ2v) is 4.76. The molecule has 0 aliphatic carbocycles. The van der Waals surface area contributed by atoms with Crippen molar-refractivity contribution in [2.75, 3.05) is 26.2 Å². The minimum absolute atomic E-state index is 0.0400. The largest absolute Gasteiger partial charge is 0.387 e. The highest BCUT2D eigenvalue weighted by Gasteiger charge is 2.18. The first-order valence-corrected chi connectivity index (χ1v) is 6.59. The summed E-state index contributed by atoms with van der Waals surface area (Å²) in [5, 5.41) is 12.7. The van der Waals surface area contributed by atoms with Gasteiger partial charge < -0.3 is 15.3 Å². The molecule has 1 aliphatic rings. The predicted molar refractivity (Wildman–Crippen MR) is 70.0 cm³/mol. The first-order chi connectivity index (χ1) is 9.18. The Morgan fingerprint density at radius 3 is 2.74 bits per heavy atom. The van der Waals surface area contributed by atoms with Crippen molar-refractivity contribution < 1.29 is 14.3 Å². The Bertz CT molecular complexity index is 433. The first kappa shape index (κ1) is 14.0. The molecule has 1 atom stereocenters. The van der Waals surface area contributed by atoms with Gasteiger partial charge in [-0.25, -0.2) is 4.39 Å². The number of aliphatic hydroxyl groups is 1. The number of hydrogen-bond acceptors (Lipinski definition) is 3. The highest BCUT2D eigenvalue weighted by Crippen LogP contribution is 2.15. The average molecular weight is 266 g/mol. The molecule has 0 spiro atoms. The van der Waals surface area contributed by atoms with Gasteiger partial charge in [-0.3, -0.25) is 4.79 Å². The smallest absolute Gasteiger partial charge is 0.236 e. The van der Waals surface area contributed by atoms with Crippen LogP contribution in [0.2, 0.25) is 0 Å².